The number of carboxylic acid groups (broad SMARTS) is 1. The van der Waals surface area contributed by atoms with E-state index in [0.717, 1.165) is 6.07 Å². The number of ketones is 1. The number of Topliss-reactive ketones (excluding diaryl/α,β-unsaturated/α-hetero) is 1. The molecule has 1 aliphatic carbocycles. The van der Waals surface area contributed by atoms with Crippen LogP contribution in [0.3, 0.4) is 0 Å². The largest absolute Gasteiger partial charge is 0.478 e. The average molecular weight is 212 g/mol. The highest BCUT2D eigenvalue weighted by atomic mass is 19.3. The first kappa shape index (κ1) is 9.76. The molecule has 0 saturated heterocycles. The van der Waals surface area contributed by atoms with Crippen LogP contribution in [0.5, 0.6) is 0 Å². The summed E-state index contributed by atoms with van der Waals surface area (Å²) in [6.45, 7) is 0. The Labute approximate surface area is 83.3 Å². The molecule has 0 heterocycles. The van der Waals surface area contributed by atoms with Gasteiger partial charge in [-0.1, -0.05) is 12.1 Å². The Morgan fingerprint density at radius 1 is 1.40 bits per heavy atom. The highest BCUT2D eigenvalue weighted by molar-refractivity contribution is 6.12. The Kier molecular flexibility index (Phi) is 1.86. The van der Waals surface area contributed by atoms with Crippen molar-refractivity contribution >= 4 is 11.8 Å². The van der Waals surface area contributed by atoms with Crippen molar-refractivity contribution in [2.45, 2.75) is 12.3 Å². The molecule has 1 aromatic rings. The summed E-state index contributed by atoms with van der Waals surface area (Å²) < 4.78 is 26.1. The third kappa shape index (κ3) is 1.31. The summed E-state index contributed by atoms with van der Waals surface area (Å²) in [6, 6.07) is 3.86. The van der Waals surface area contributed by atoms with Crippen LogP contribution < -0.4 is 0 Å². The van der Waals surface area contributed by atoms with Gasteiger partial charge in [-0.15, -0.1) is 0 Å². The van der Waals surface area contributed by atoms with Crippen molar-refractivity contribution in [3.8, 4) is 0 Å². The SMILES string of the molecule is O=C(O)c1cccc2c1C(=O)C(F)(F)C2. The lowest BCUT2D eigenvalue weighted by Gasteiger charge is -2.04. The fourth-order valence-corrected chi connectivity index (χ4v) is 1.70. The number of rotatable bonds is 1. The predicted octanol–water partition coefficient (Wildman–Crippen LogP) is 1.76. The molecule has 15 heavy (non-hydrogen) atoms. The van der Waals surface area contributed by atoms with Crippen molar-refractivity contribution in [3.63, 3.8) is 0 Å². The van der Waals surface area contributed by atoms with E-state index in [1.165, 1.54) is 12.1 Å². The predicted molar refractivity (Wildman–Crippen MR) is 46.4 cm³/mol. The number of fused-ring (bicyclic) bond motifs is 1. The summed E-state index contributed by atoms with van der Waals surface area (Å²) in [5, 5.41) is 8.74. The van der Waals surface area contributed by atoms with E-state index in [9.17, 15) is 18.4 Å². The Bertz CT molecular complexity index is 466. The zero-order valence-corrected chi connectivity index (χ0v) is 7.46. The topological polar surface area (TPSA) is 54.4 Å². The van der Waals surface area contributed by atoms with Gasteiger partial charge in [0, 0.05) is 12.0 Å². The van der Waals surface area contributed by atoms with Crippen LogP contribution in [-0.2, 0) is 6.42 Å². The van der Waals surface area contributed by atoms with Gasteiger partial charge < -0.3 is 5.11 Å². The molecule has 0 radical (unpaired) electrons. The normalized spacial score (nSPS) is 17.6. The van der Waals surface area contributed by atoms with Gasteiger partial charge in [-0.2, -0.15) is 8.78 Å². The summed E-state index contributed by atoms with van der Waals surface area (Å²) >= 11 is 0. The lowest BCUT2D eigenvalue weighted by Crippen LogP contribution is -2.24. The summed E-state index contributed by atoms with van der Waals surface area (Å²) in [6.07, 6.45) is -0.706. The fourth-order valence-electron chi connectivity index (χ4n) is 1.70. The van der Waals surface area contributed by atoms with Gasteiger partial charge in [0.1, 0.15) is 0 Å². The highest BCUT2D eigenvalue weighted by Gasteiger charge is 2.48. The summed E-state index contributed by atoms with van der Waals surface area (Å²) in [7, 11) is 0. The van der Waals surface area contributed by atoms with E-state index in [0.29, 0.717) is 0 Å². The molecule has 0 aromatic heterocycles. The first-order valence-electron chi connectivity index (χ1n) is 4.21. The van der Waals surface area contributed by atoms with Crippen molar-refractivity contribution in [2.24, 2.45) is 0 Å². The number of carbonyl (C=O) groups is 2. The monoisotopic (exact) mass is 212 g/mol. The van der Waals surface area contributed by atoms with E-state index in [1.807, 2.05) is 0 Å². The maximum atomic E-state index is 13.0. The van der Waals surface area contributed by atoms with Crippen LogP contribution in [0.2, 0.25) is 0 Å². The number of hydrogen-bond acceptors (Lipinski definition) is 2. The molecule has 0 aliphatic heterocycles. The van der Waals surface area contributed by atoms with Crippen LogP contribution in [0.25, 0.3) is 0 Å². The maximum Gasteiger partial charge on any atom is 0.336 e. The third-order valence-electron chi connectivity index (χ3n) is 2.35. The number of benzene rings is 1. The zero-order chi connectivity index (χ0) is 11.2. The van der Waals surface area contributed by atoms with Gasteiger partial charge in [-0.05, 0) is 11.6 Å². The van der Waals surface area contributed by atoms with Crippen molar-refractivity contribution in [3.05, 3.63) is 34.9 Å². The average Bonchev–Trinajstić information content (AvgIpc) is 2.37. The summed E-state index contributed by atoms with van der Waals surface area (Å²) in [4.78, 5) is 22.0. The molecule has 1 N–H and O–H groups in total. The molecule has 1 aliphatic rings. The Balaban J connectivity index is 2.66. The third-order valence-corrected chi connectivity index (χ3v) is 2.35. The molecule has 0 bridgehead atoms. The van der Waals surface area contributed by atoms with Gasteiger partial charge in [0.25, 0.3) is 0 Å². The molecule has 0 atom stereocenters. The molecule has 0 amide bonds. The molecule has 0 saturated carbocycles. The first-order chi connectivity index (χ1) is 6.93. The van der Waals surface area contributed by atoms with Crippen LogP contribution >= 0.6 is 0 Å². The Hall–Kier alpha value is -1.78. The Morgan fingerprint density at radius 3 is 2.67 bits per heavy atom. The number of carbonyl (C=O) groups excluding carboxylic acids is 1. The summed E-state index contributed by atoms with van der Waals surface area (Å²) in [5.41, 5.74) is -0.602. The molecule has 1 aromatic carbocycles. The molecule has 0 fully saturated rings. The van der Waals surface area contributed by atoms with Crippen molar-refractivity contribution in [2.75, 3.05) is 0 Å². The van der Waals surface area contributed by atoms with E-state index in [1.54, 1.807) is 0 Å². The van der Waals surface area contributed by atoms with E-state index in [2.05, 4.69) is 0 Å². The molecule has 0 spiro atoms. The van der Waals surface area contributed by atoms with Gasteiger partial charge in [0.15, 0.2) is 0 Å². The molecule has 0 unspecified atom stereocenters. The fraction of sp³-hybridized carbons (Fsp3) is 0.200. The molecular weight excluding hydrogens is 206 g/mol. The number of halogens is 2. The van der Waals surface area contributed by atoms with E-state index in [4.69, 9.17) is 5.11 Å². The van der Waals surface area contributed by atoms with Gasteiger partial charge in [0.2, 0.25) is 5.78 Å². The van der Waals surface area contributed by atoms with Gasteiger partial charge in [-0.3, -0.25) is 4.79 Å². The first-order valence-corrected chi connectivity index (χ1v) is 4.21. The molecule has 78 valence electrons. The van der Waals surface area contributed by atoms with E-state index < -0.39 is 24.1 Å². The lowest BCUT2D eigenvalue weighted by atomic mass is 10.0. The minimum atomic E-state index is -3.46. The standard InChI is InChI=1S/C10H6F2O3/c11-10(12)4-5-2-1-3-6(9(14)15)7(5)8(10)13/h1-3H,4H2,(H,14,15). The van der Waals surface area contributed by atoms with Crippen molar-refractivity contribution < 1.29 is 23.5 Å². The van der Waals surface area contributed by atoms with Crippen molar-refractivity contribution in [1.29, 1.82) is 0 Å². The van der Waals surface area contributed by atoms with Crippen molar-refractivity contribution in [1.82, 2.24) is 0 Å². The van der Waals surface area contributed by atoms with Gasteiger partial charge in [0.05, 0.1) is 5.56 Å². The van der Waals surface area contributed by atoms with E-state index >= 15 is 0 Å². The zero-order valence-electron chi connectivity index (χ0n) is 7.46. The maximum absolute atomic E-state index is 13.0. The Morgan fingerprint density at radius 2 is 2.07 bits per heavy atom. The smallest absolute Gasteiger partial charge is 0.336 e. The van der Waals surface area contributed by atoms with Crippen LogP contribution in [0, 0.1) is 0 Å². The molecule has 2 rings (SSSR count). The number of carboxylic acids is 1. The van der Waals surface area contributed by atoms with Crippen LogP contribution in [0.1, 0.15) is 26.3 Å². The summed E-state index contributed by atoms with van der Waals surface area (Å²) in [5.74, 6) is -6.22. The second-order valence-corrected chi connectivity index (χ2v) is 3.36. The van der Waals surface area contributed by atoms with Crippen LogP contribution in [0.15, 0.2) is 18.2 Å². The number of hydrogen-bond donors (Lipinski definition) is 1. The number of aromatic carboxylic acids is 1. The van der Waals surface area contributed by atoms with Gasteiger partial charge >= 0.3 is 11.9 Å². The molecule has 5 heteroatoms. The number of alkyl halides is 2. The lowest BCUT2D eigenvalue weighted by molar-refractivity contribution is 0.0167. The molecular formula is C10H6F2O3. The van der Waals surface area contributed by atoms with Crippen LogP contribution in [0.4, 0.5) is 8.78 Å². The minimum Gasteiger partial charge on any atom is -0.478 e. The second-order valence-electron chi connectivity index (χ2n) is 3.36. The molecule has 3 nitrogen and oxygen atoms in total. The quantitative estimate of drug-likeness (QED) is 0.771. The van der Waals surface area contributed by atoms with E-state index in [-0.39, 0.29) is 16.7 Å². The van der Waals surface area contributed by atoms with Crippen LogP contribution in [-0.4, -0.2) is 22.8 Å². The second kappa shape index (κ2) is 2.85. The highest BCUT2D eigenvalue weighted by Crippen LogP contribution is 2.35. The van der Waals surface area contributed by atoms with Gasteiger partial charge in [-0.25, -0.2) is 4.79 Å². The minimum absolute atomic E-state index is 0.102.